The molecule has 0 unspecified atom stereocenters. The number of nitriles is 1. The Morgan fingerprint density at radius 2 is 2.18 bits per heavy atom. The van der Waals surface area contributed by atoms with Crippen LogP contribution in [0.3, 0.4) is 0 Å². The Hall–Kier alpha value is -2.03. The summed E-state index contributed by atoms with van der Waals surface area (Å²) in [7, 11) is 0. The number of ether oxygens (including phenoxy) is 1. The molecule has 1 aromatic carbocycles. The largest absolute Gasteiger partial charge is 0.462 e. The van der Waals surface area contributed by atoms with E-state index in [1.165, 1.54) is 13.0 Å². The third-order valence-electron chi connectivity index (χ3n) is 2.02. The molecule has 0 saturated heterocycles. The summed E-state index contributed by atoms with van der Waals surface area (Å²) in [6.07, 6.45) is -3.17. The van der Waals surface area contributed by atoms with Crippen molar-refractivity contribution in [3.05, 3.63) is 34.6 Å². The number of halogens is 3. The van der Waals surface area contributed by atoms with Gasteiger partial charge in [0.05, 0.1) is 23.3 Å². The number of hydrogen-bond acceptors (Lipinski definition) is 3. The van der Waals surface area contributed by atoms with Crippen molar-refractivity contribution in [2.45, 2.75) is 13.3 Å². The zero-order chi connectivity index (χ0) is 13.0. The van der Waals surface area contributed by atoms with E-state index in [-0.39, 0.29) is 12.2 Å². The summed E-state index contributed by atoms with van der Waals surface area (Å²) in [5.41, 5.74) is -2.11. The smallest absolute Gasteiger partial charge is 0.339 e. The number of hydrogen-bond donors (Lipinski definition) is 0. The zero-order valence-electron chi connectivity index (χ0n) is 8.84. The maximum absolute atomic E-state index is 13.1. The van der Waals surface area contributed by atoms with Crippen LogP contribution in [-0.2, 0) is 4.74 Å². The van der Waals surface area contributed by atoms with Crippen molar-refractivity contribution in [3.8, 4) is 6.07 Å². The van der Waals surface area contributed by atoms with Gasteiger partial charge in [0.15, 0.2) is 0 Å². The van der Waals surface area contributed by atoms with E-state index in [2.05, 4.69) is 4.74 Å². The Balaban J connectivity index is 3.39. The summed E-state index contributed by atoms with van der Waals surface area (Å²) < 4.78 is 42.8. The Morgan fingerprint density at radius 1 is 1.53 bits per heavy atom. The van der Waals surface area contributed by atoms with Gasteiger partial charge in [0.2, 0.25) is 0 Å². The zero-order valence-corrected chi connectivity index (χ0v) is 8.84. The monoisotopic (exact) mass is 243 g/mol. The van der Waals surface area contributed by atoms with Crippen molar-refractivity contribution in [1.82, 2.24) is 0 Å². The molecule has 0 aliphatic heterocycles. The molecule has 0 fully saturated rings. The van der Waals surface area contributed by atoms with Gasteiger partial charge in [0.1, 0.15) is 11.9 Å². The summed E-state index contributed by atoms with van der Waals surface area (Å²) in [6.45, 7) is 1.56. The summed E-state index contributed by atoms with van der Waals surface area (Å²) in [5, 5.41) is 8.73. The highest BCUT2D eigenvalue weighted by Gasteiger charge is 2.24. The second-order valence-electron chi connectivity index (χ2n) is 3.02. The lowest BCUT2D eigenvalue weighted by molar-refractivity contribution is 0.0525. The third-order valence-corrected chi connectivity index (χ3v) is 2.02. The fourth-order valence-corrected chi connectivity index (χ4v) is 1.31. The van der Waals surface area contributed by atoms with E-state index in [0.29, 0.717) is 6.07 Å². The molecule has 0 atom stereocenters. The molecule has 17 heavy (non-hydrogen) atoms. The van der Waals surface area contributed by atoms with Crippen LogP contribution in [0.5, 0.6) is 0 Å². The number of carbonyl (C=O) groups is 1. The summed E-state index contributed by atoms with van der Waals surface area (Å²) in [5.74, 6) is -2.14. The number of benzene rings is 1. The SMILES string of the molecule is CCOC(=O)c1ccc(F)c(C(F)F)c1C#N. The first kappa shape index (κ1) is 13.0. The highest BCUT2D eigenvalue weighted by Crippen LogP contribution is 2.28. The van der Waals surface area contributed by atoms with Crippen LogP contribution in [0.2, 0.25) is 0 Å². The van der Waals surface area contributed by atoms with Crippen LogP contribution >= 0.6 is 0 Å². The first-order chi connectivity index (χ1) is 8.02. The lowest BCUT2D eigenvalue weighted by atomic mass is 10.0. The Labute approximate surface area is 95.4 Å². The minimum Gasteiger partial charge on any atom is -0.462 e. The molecular formula is C11H8F3NO2. The Kier molecular flexibility index (Phi) is 4.10. The minimum absolute atomic E-state index is 0.0328. The van der Waals surface area contributed by atoms with E-state index < -0.39 is 29.3 Å². The van der Waals surface area contributed by atoms with Crippen LogP contribution < -0.4 is 0 Å². The van der Waals surface area contributed by atoms with Gasteiger partial charge in [-0.05, 0) is 19.1 Å². The molecule has 0 aromatic heterocycles. The molecule has 0 saturated carbocycles. The van der Waals surface area contributed by atoms with E-state index in [9.17, 15) is 18.0 Å². The summed E-state index contributed by atoms with van der Waals surface area (Å²) >= 11 is 0. The van der Waals surface area contributed by atoms with E-state index >= 15 is 0 Å². The van der Waals surface area contributed by atoms with Gasteiger partial charge in [-0.3, -0.25) is 0 Å². The highest BCUT2D eigenvalue weighted by molar-refractivity contribution is 5.92. The summed E-state index contributed by atoms with van der Waals surface area (Å²) in [4.78, 5) is 11.4. The molecule has 3 nitrogen and oxygen atoms in total. The fraction of sp³-hybridized carbons (Fsp3) is 0.273. The fourth-order valence-electron chi connectivity index (χ4n) is 1.31. The number of esters is 1. The first-order valence-corrected chi connectivity index (χ1v) is 4.70. The normalized spacial score (nSPS) is 10.1. The molecule has 6 heteroatoms. The van der Waals surface area contributed by atoms with Crippen molar-refractivity contribution in [1.29, 1.82) is 5.26 Å². The Morgan fingerprint density at radius 3 is 2.65 bits per heavy atom. The predicted octanol–water partition coefficient (Wildman–Crippen LogP) is 2.81. The van der Waals surface area contributed by atoms with Crippen molar-refractivity contribution in [2.24, 2.45) is 0 Å². The van der Waals surface area contributed by atoms with Crippen molar-refractivity contribution < 1.29 is 22.7 Å². The minimum atomic E-state index is -3.17. The van der Waals surface area contributed by atoms with Crippen LogP contribution in [0.15, 0.2) is 12.1 Å². The molecule has 1 aromatic rings. The van der Waals surface area contributed by atoms with Crippen LogP contribution in [0.1, 0.15) is 34.8 Å². The quantitative estimate of drug-likeness (QED) is 0.767. The second kappa shape index (κ2) is 5.34. The predicted molar refractivity (Wildman–Crippen MR) is 52.0 cm³/mol. The van der Waals surface area contributed by atoms with Gasteiger partial charge in [0.25, 0.3) is 6.43 Å². The molecule has 0 aliphatic carbocycles. The van der Waals surface area contributed by atoms with Gasteiger partial charge in [-0.2, -0.15) is 5.26 Å². The van der Waals surface area contributed by atoms with Gasteiger partial charge in [0, 0.05) is 0 Å². The van der Waals surface area contributed by atoms with Crippen LogP contribution in [0, 0.1) is 17.1 Å². The lowest BCUT2D eigenvalue weighted by Crippen LogP contribution is -2.10. The summed E-state index contributed by atoms with van der Waals surface area (Å²) in [6, 6.07) is 3.08. The van der Waals surface area contributed by atoms with Gasteiger partial charge in [-0.1, -0.05) is 0 Å². The van der Waals surface area contributed by atoms with Crippen molar-refractivity contribution >= 4 is 5.97 Å². The number of alkyl halides is 2. The van der Waals surface area contributed by atoms with Crippen LogP contribution in [0.25, 0.3) is 0 Å². The average molecular weight is 243 g/mol. The molecule has 0 radical (unpaired) electrons. The molecule has 0 amide bonds. The third kappa shape index (κ3) is 2.56. The second-order valence-corrected chi connectivity index (χ2v) is 3.02. The van der Waals surface area contributed by atoms with E-state index in [4.69, 9.17) is 5.26 Å². The number of carbonyl (C=O) groups excluding carboxylic acids is 1. The molecule has 1 rings (SSSR count). The lowest BCUT2D eigenvalue weighted by Gasteiger charge is -2.09. The molecule has 0 bridgehead atoms. The van der Waals surface area contributed by atoms with Crippen molar-refractivity contribution in [2.75, 3.05) is 6.61 Å². The first-order valence-electron chi connectivity index (χ1n) is 4.70. The molecule has 0 spiro atoms. The van der Waals surface area contributed by atoms with E-state index in [1.54, 1.807) is 0 Å². The van der Waals surface area contributed by atoms with Gasteiger partial charge in [-0.15, -0.1) is 0 Å². The highest BCUT2D eigenvalue weighted by atomic mass is 19.3. The molecule has 90 valence electrons. The topological polar surface area (TPSA) is 50.1 Å². The Bertz CT molecular complexity index is 480. The van der Waals surface area contributed by atoms with Gasteiger partial charge in [-0.25, -0.2) is 18.0 Å². The maximum atomic E-state index is 13.1. The molecule has 0 heterocycles. The average Bonchev–Trinajstić information content (AvgIpc) is 2.27. The van der Waals surface area contributed by atoms with E-state index in [1.807, 2.05) is 0 Å². The van der Waals surface area contributed by atoms with Crippen LogP contribution in [-0.4, -0.2) is 12.6 Å². The molecule has 0 N–H and O–H groups in total. The van der Waals surface area contributed by atoms with Gasteiger partial charge < -0.3 is 4.74 Å². The molecular weight excluding hydrogens is 235 g/mol. The number of rotatable bonds is 3. The maximum Gasteiger partial charge on any atom is 0.339 e. The molecule has 0 aliphatic rings. The standard InChI is InChI=1S/C11H8F3NO2/c1-2-17-11(16)6-3-4-8(12)9(10(13)14)7(6)5-15/h3-4,10H,2H2,1H3. The van der Waals surface area contributed by atoms with Crippen LogP contribution in [0.4, 0.5) is 13.2 Å². The van der Waals surface area contributed by atoms with Crippen molar-refractivity contribution in [3.63, 3.8) is 0 Å². The van der Waals surface area contributed by atoms with E-state index in [0.717, 1.165) is 6.07 Å². The van der Waals surface area contributed by atoms with Gasteiger partial charge >= 0.3 is 5.97 Å². The number of nitrogens with zero attached hydrogens (tertiary/aromatic N) is 1.